The van der Waals surface area contributed by atoms with E-state index in [1.807, 2.05) is 55.0 Å². The maximum absolute atomic E-state index is 5.90. The van der Waals surface area contributed by atoms with Gasteiger partial charge in [-0.25, -0.2) is 4.98 Å². The zero-order chi connectivity index (χ0) is 14.7. The Labute approximate surface area is 124 Å². The Morgan fingerprint density at radius 3 is 2.67 bits per heavy atom. The molecule has 1 aromatic carbocycles. The van der Waals surface area contributed by atoms with Crippen LogP contribution in [0.1, 0.15) is 5.56 Å². The number of pyridine rings is 2. The van der Waals surface area contributed by atoms with E-state index in [0.29, 0.717) is 0 Å². The third kappa shape index (κ3) is 2.94. The summed E-state index contributed by atoms with van der Waals surface area (Å²) in [7, 11) is 2.06. The lowest BCUT2D eigenvalue weighted by atomic mass is 10.1. The van der Waals surface area contributed by atoms with Crippen LogP contribution in [0.15, 0.2) is 55.0 Å². The Bertz CT molecular complexity index is 740. The van der Waals surface area contributed by atoms with Gasteiger partial charge in [0.2, 0.25) is 0 Å². The van der Waals surface area contributed by atoms with E-state index < -0.39 is 0 Å². The Kier molecular flexibility index (Phi) is 3.69. The van der Waals surface area contributed by atoms with Gasteiger partial charge in [0.1, 0.15) is 5.82 Å². The number of nitrogen functional groups attached to an aromatic ring is 1. The van der Waals surface area contributed by atoms with Crippen molar-refractivity contribution in [2.45, 2.75) is 6.42 Å². The number of anilines is 2. The van der Waals surface area contributed by atoms with Crippen LogP contribution in [0.25, 0.3) is 10.8 Å². The summed E-state index contributed by atoms with van der Waals surface area (Å²) in [4.78, 5) is 10.7. The van der Waals surface area contributed by atoms with Gasteiger partial charge in [0, 0.05) is 43.3 Å². The zero-order valence-corrected chi connectivity index (χ0v) is 12.0. The molecule has 0 spiro atoms. The van der Waals surface area contributed by atoms with E-state index in [0.717, 1.165) is 35.2 Å². The minimum absolute atomic E-state index is 0.763. The van der Waals surface area contributed by atoms with Crippen LogP contribution in [-0.4, -0.2) is 23.6 Å². The lowest BCUT2D eigenvalue weighted by molar-refractivity contribution is 0.863. The molecule has 0 unspecified atom stereocenters. The van der Waals surface area contributed by atoms with Crippen LogP contribution >= 0.6 is 0 Å². The number of rotatable bonds is 4. The molecule has 0 aliphatic carbocycles. The highest BCUT2D eigenvalue weighted by Gasteiger charge is 2.08. The second kappa shape index (κ2) is 5.79. The molecule has 0 radical (unpaired) electrons. The van der Waals surface area contributed by atoms with Gasteiger partial charge in [-0.05, 0) is 47.7 Å². The van der Waals surface area contributed by atoms with Crippen molar-refractivity contribution in [3.05, 3.63) is 60.6 Å². The van der Waals surface area contributed by atoms with Crippen molar-refractivity contribution in [2.75, 3.05) is 24.2 Å². The Balaban J connectivity index is 1.84. The monoisotopic (exact) mass is 278 g/mol. The van der Waals surface area contributed by atoms with E-state index in [4.69, 9.17) is 5.73 Å². The molecule has 21 heavy (non-hydrogen) atoms. The summed E-state index contributed by atoms with van der Waals surface area (Å²) in [5.41, 5.74) is 7.94. The standard InChI is InChI=1S/C17H18N4/c1-21(11-7-13-4-8-19-9-5-13)17-16-12-15(18)3-2-14(16)6-10-20-17/h2-6,8-10,12H,7,11,18H2,1H3. The quantitative estimate of drug-likeness (QED) is 0.746. The van der Waals surface area contributed by atoms with E-state index in [1.54, 1.807) is 0 Å². The van der Waals surface area contributed by atoms with Crippen LogP contribution in [-0.2, 0) is 6.42 Å². The molecule has 0 saturated heterocycles. The highest BCUT2D eigenvalue weighted by Crippen LogP contribution is 2.25. The molecule has 0 aliphatic rings. The molecular formula is C17H18N4. The molecule has 2 aromatic heterocycles. The van der Waals surface area contributed by atoms with Gasteiger partial charge >= 0.3 is 0 Å². The minimum atomic E-state index is 0.763. The largest absolute Gasteiger partial charge is 0.399 e. The van der Waals surface area contributed by atoms with Crippen LogP contribution < -0.4 is 10.6 Å². The molecule has 4 heteroatoms. The van der Waals surface area contributed by atoms with Crippen molar-refractivity contribution in [3.8, 4) is 0 Å². The van der Waals surface area contributed by atoms with Crippen LogP contribution in [0.3, 0.4) is 0 Å². The second-order valence-electron chi connectivity index (χ2n) is 5.14. The van der Waals surface area contributed by atoms with E-state index in [1.165, 1.54) is 5.56 Å². The molecule has 4 nitrogen and oxygen atoms in total. The summed E-state index contributed by atoms with van der Waals surface area (Å²) in [5, 5.41) is 2.25. The fourth-order valence-electron chi connectivity index (χ4n) is 2.43. The van der Waals surface area contributed by atoms with Crippen molar-refractivity contribution < 1.29 is 0 Å². The summed E-state index contributed by atoms with van der Waals surface area (Å²) in [6.45, 7) is 0.894. The lowest BCUT2D eigenvalue weighted by Crippen LogP contribution is -2.21. The molecule has 2 N–H and O–H groups in total. The van der Waals surface area contributed by atoms with Gasteiger partial charge in [0.15, 0.2) is 0 Å². The Morgan fingerprint density at radius 1 is 1.05 bits per heavy atom. The predicted molar refractivity (Wildman–Crippen MR) is 87.4 cm³/mol. The number of benzene rings is 1. The average molecular weight is 278 g/mol. The molecule has 0 amide bonds. The molecule has 0 saturated carbocycles. The molecule has 0 atom stereocenters. The molecule has 0 aliphatic heterocycles. The summed E-state index contributed by atoms with van der Waals surface area (Å²) in [5.74, 6) is 0.967. The van der Waals surface area contributed by atoms with Gasteiger partial charge in [-0.15, -0.1) is 0 Å². The summed E-state index contributed by atoms with van der Waals surface area (Å²) in [6.07, 6.45) is 6.45. The predicted octanol–water partition coefficient (Wildman–Crippen LogP) is 2.89. The summed E-state index contributed by atoms with van der Waals surface area (Å²) in [6, 6.07) is 12.0. The third-order valence-corrected chi connectivity index (χ3v) is 3.62. The molecule has 3 aromatic rings. The fourth-order valence-corrected chi connectivity index (χ4v) is 2.43. The van der Waals surface area contributed by atoms with Crippen molar-refractivity contribution >= 4 is 22.3 Å². The van der Waals surface area contributed by atoms with Crippen molar-refractivity contribution in [1.82, 2.24) is 9.97 Å². The van der Waals surface area contributed by atoms with Gasteiger partial charge in [-0.1, -0.05) is 6.07 Å². The van der Waals surface area contributed by atoms with E-state index in [9.17, 15) is 0 Å². The molecule has 3 rings (SSSR count). The highest BCUT2D eigenvalue weighted by atomic mass is 15.2. The third-order valence-electron chi connectivity index (χ3n) is 3.62. The first-order valence-electron chi connectivity index (χ1n) is 6.98. The number of nitrogens with two attached hydrogens (primary N) is 1. The summed E-state index contributed by atoms with van der Waals surface area (Å²) < 4.78 is 0. The van der Waals surface area contributed by atoms with Crippen LogP contribution in [0, 0.1) is 0 Å². The average Bonchev–Trinajstić information content (AvgIpc) is 2.53. The normalized spacial score (nSPS) is 10.7. The number of aromatic nitrogens is 2. The van der Waals surface area contributed by atoms with Crippen molar-refractivity contribution in [3.63, 3.8) is 0 Å². The maximum atomic E-state index is 5.90. The zero-order valence-electron chi connectivity index (χ0n) is 12.0. The van der Waals surface area contributed by atoms with Crippen LogP contribution in [0.2, 0.25) is 0 Å². The number of hydrogen-bond donors (Lipinski definition) is 1. The Hall–Kier alpha value is -2.62. The smallest absolute Gasteiger partial charge is 0.136 e. The molecule has 0 fully saturated rings. The molecule has 0 bridgehead atoms. The number of nitrogens with zero attached hydrogens (tertiary/aromatic N) is 3. The number of fused-ring (bicyclic) bond motifs is 1. The topological polar surface area (TPSA) is 55.0 Å². The molecule has 2 heterocycles. The van der Waals surface area contributed by atoms with Crippen molar-refractivity contribution in [1.29, 1.82) is 0 Å². The van der Waals surface area contributed by atoms with Gasteiger partial charge in [0.05, 0.1) is 0 Å². The van der Waals surface area contributed by atoms with E-state index in [2.05, 4.69) is 21.9 Å². The van der Waals surface area contributed by atoms with Crippen molar-refractivity contribution in [2.24, 2.45) is 0 Å². The minimum Gasteiger partial charge on any atom is -0.399 e. The Morgan fingerprint density at radius 2 is 1.86 bits per heavy atom. The first-order valence-corrected chi connectivity index (χ1v) is 6.98. The fraction of sp³-hybridized carbons (Fsp3) is 0.176. The van der Waals surface area contributed by atoms with E-state index in [-0.39, 0.29) is 0 Å². The molecular weight excluding hydrogens is 260 g/mol. The van der Waals surface area contributed by atoms with E-state index >= 15 is 0 Å². The SMILES string of the molecule is CN(CCc1ccncc1)c1nccc2ccc(N)cc12. The van der Waals surface area contributed by atoms with Gasteiger partial charge in [0.25, 0.3) is 0 Å². The maximum Gasteiger partial charge on any atom is 0.136 e. The van der Waals surface area contributed by atoms with Crippen LogP contribution in [0.5, 0.6) is 0 Å². The molecule has 106 valence electrons. The number of likely N-dealkylation sites (N-methyl/N-ethyl adjacent to an activating group) is 1. The first-order chi connectivity index (χ1) is 10.2. The lowest BCUT2D eigenvalue weighted by Gasteiger charge is -2.20. The highest BCUT2D eigenvalue weighted by molar-refractivity contribution is 5.94. The van der Waals surface area contributed by atoms with Crippen LogP contribution in [0.4, 0.5) is 11.5 Å². The second-order valence-corrected chi connectivity index (χ2v) is 5.14. The summed E-state index contributed by atoms with van der Waals surface area (Å²) >= 11 is 0. The van der Waals surface area contributed by atoms with Gasteiger partial charge in [-0.3, -0.25) is 4.98 Å². The number of hydrogen-bond acceptors (Lipinski definition) is 4. The van der Waals surface area contributed by atoms with Gasteiger partial charge in [-0.2, -0.15) is 0 Å². The van der Waals surface area contributed by atoms with Gasteiger partial charge < -0.3 is 10.6 Å². The first kappa shape index (κ1) is 13.4.